The lowest BCUT2D eigenvalue weighted by Crippen LogP contribution is -2.42. The van der Waals surface area contributed by atoms with Gasteiger partial charge >= 0.3 is 0 Å². The molecular weight excluding hydrogens is 224 g/mol. The molecule has 4 nitrogen and oxygen atoms in total. The molecule has 0 spiro atoms. The minimum atomic E-state index is 0.319. The Labute approximate surface area is 107 Å². The van der Waals surface area contributed by atoms with Crippen molar-refractivity contribution >= 4 is 11.0 Å². The molecule has 1 fully saturated rings. The van der Waals surface area contributed by atoms with Crippen LogP contribution in [-0.4, -0.2) is 34.1 Å². The highest BCUT2D eigenvalue weighted by Gasteiger charge is 2.27. The highest BCUT2D eigenvalue weighted by molar-refractivity contribution is 5.80. The summed E-state index contributed by atoms with van der Waals surface area (Å²) in [4.78, 5) is 6.83. The second-order valence-corrected chi connectivity index (χ2v) is 5.36. The first-order valence-corrected chi connectivity index (χ1v) is 6.52. The van der Waals surface area contributed by atoms with Gasteiger partial charge < -0.3 is 10.3 Å². The Kier molecular flexibility index (Phi) is 2.84. The lowest BCUT2D eigenvalue weighted by molar-refractivity contribution is 0.171. The first-order chi connectivity index (χ1) is 8.66. The number of hydrogen-bond acceptors (Lipinski definition) is 3. The van der Waals surface area contributed by atoms with Gasteiger partial charge in [-0.05, 0) is 37.6 Å². The molecule has 2 atom stereocenters. The van der Waals surface area contributed by atoms with Crippen molar-refractivity contribution in [3.63, 3.8) is 0 Å². The molecule has 0 saturated carbocycles. The number of hydrogen-bond donors (Lipinski definition) is 1. The van der Waals surface area contributed by atoms with Gasteiger partial charge in [-0.2, -0.15) is 0 Å². The van der Waals surface area contributed by atoms with Crippen LogP contribution in [-0.2, 0) is 7.05 Å². The van der Waals surface area contributed by atoms with Gasteiger partial charge in [-0.1, -0.05) is 0 Å². The van der Waals surface area contributed by atoms with E-state index >= 15 is 0 Å². The second kappa shape index (κ2) is 4.37. The minimum Gasteiger partial charge on any atom is -0.335 e. The lowest BCUT2D eigenvalue weighted by atomic mass is 9.94. The van der Waals surface area contributed by atoms with E-state index in [9.17, 15) is 0 Å². The van der Waals surface area contributed by atoms with Crippen molar-refractivity contribution in [3.8, 4) is 0 Å². The second-order valence-electron chi connectivity index (χ2n) is 5.36. The van der Waals surface area contributed by atoms with Gasteiger partial charge in [-0.25, -0.2) is 4.98 Å². The van der Waals surface area contributed by atoms with Gasteiger partial charge in [0.15, 0.2) is 0 Å². The van der Waals surface area contributed by atoms with Crippen molar-refractivity contribution in [1.29, 1.82) is 0 Å². The number of nitrogens with zero attached hydrogens (tertiary/aromatic N) is 3. The molecule has 1 aliphatic rings. The van der Waals surface area contributed by atoms with Crippen LogP contribution in [0.2, 0.25) is 0 Å². The lowest BCUT2D eigenvalue weighted by Gasteiger charge is -2.35. The molecule has 18 heavy (non-hydrogen) atoms. The summed E-state index contributed by atoms with van der Waals surface area (Å²) in [7, 11) is 4.23. The van der Waals surface area contributed by atoms with Crippen LogP contribution in [0, 0.1) is 0 Å². The van der Waals surface area contributed by atoms with E-state index in [4.69, 9.17) is 5.73 Å². The topological polar surface area (TPSA) is 47.1 Å². The van der Waals surface area contributed by atoms with E-state index in [-0.39, 0.29) is 0 Å². The van der Waals surface area contributed by atoms with Gasteiger partial charge in [0.1, 0.15) is 5.65 Å². The number of aryl methyl sites for hydroxylation is 1. The Morgan fingerprint density at radius 2 is 2.17 bits per heavy atom. The fourth-order valence-corrected chi connectivity index (χ4v) is 3.08. The quantitative estimate of drug-likeness (QED) is 0.830. The van der Waals surface area contributed by atoms with Gasteiger partial charge in [-0.3, -0.25) is 4.90 Å². The van der Waals surface area contributed by atoms with Crippen molar-refractivity contribution in [2.45, 2.75) is 24.9 Å². The molecular formula is C14H20N4. The summed E-state index contributed by atoms with van der Waals surface area (Å²) in [5, 5.41) is 1.27. The third-order valence-electron chi connectivity index (χ3n) is 3.99. The number of fused-ring (bicyclic) bond motifs is 1. The van der Waals surface area contributed by atoms with Gasteiger partial charge in [0, 0.05) is 43.5 Å². The smallest absolute Gasteiger partial charge is 0.139 e. The highest BCUT2D eigenvalue weighted by Crippen LogP contribution is 2.33. The van der Waals surface area contributed by atoms with E-state index in [0.717, 1.165) is 25.0 Å². The molecule has 0 aromatic carbocycles. The average molecular weight is 244 g/mol. The zero-order valence-corrected chi connectivity index (χ0v) is 11.0. The Morgan fingerprint density at radius 1 is 1.33 bits per heavy atom. The van der Waals surface area contributed by atoms with Gasteiger partial charge in [0.05, 0.1) is 0 Å². The summed E-state index contributed by atoms with van der Waals surface area (Å²) in [5.74, 6) is 0. The summed E-state index contributed by atoms with van der Waals surface area (Å²) < 4.78 is 2.12. The molecule has 0 aliphatic carbocycles. The van der Waals surface area contributed by atoms with E-state index in [1.165, 1.54) is 10.9 Å². The molecule has 3 rings (SSSR count). The average Bonchev–Trinajstić information content (AvgIpc) is 2.68. The van der Waals surface area contributed by atoms with Crippen LogP contribution >= 0.6 is 0 Å². The normalized spacial score (nSPS) is 25.7. The maximum absolute atomic E-state index is 6.02. The number of likely N-dealkylation sites (N-methyl/N-ethyl adjacent to an activating group) is 1. The Hall–Kier alpha value is -1.39. The molecule has 2 N–H and O–H groups in total. The Balaban J connectivity index is 2.04. The molecule has 4 heteroatoms. The molecule has 1 aliphatic heterocycles. The molecule has 2 unspecified atom stereocenters. The number of nitrogens with two attached hydrogens (primary N) is 1. The summed E-state index contributed by atoms with van der Waals surface area (Å²) in [6.07, 6.45) is 6.31. The maximum Gasteiger partial charge on any atom is 0.139 e. The summed E-state index contributed by atoms with van der Waals surface area (Å²) >= 11 is 0. The van der Waals surface area contributed by atoms with Crippen molar-refractivity contribution in [2.75, 3.05) is 13.6 Å². The predicted molar refractivity (Wildman–Crippen MR) is 73.3 cm³/mol. The summed E-state index contributed by atoms with van der Waals surface area (Å²) in [5.41, 5.74) is 8.47. The molecule has 1 saturated heterocycles. The standard InChI is InChI=1S/C14H20N4/c1-17-8-10(15)5-6-13(17)12-9-18(2)14-11(12)4-3-7-16-14/h3-4,7,9-10,13H,5-6,8,15H2,1-2H3. The van der Waals surface area contributed by atoms with Crippen molar-refractivity contribution in [3.05, 3.63) is 30.1 Å². The number of likely N-dealkylation sites (tertiary alicyclic amines) is 1. The molecule has 0 bridgehead atoms. The zero-order valence-electron chi connectivity index (χ0n) is 11.0. The highest BCUT2D eigenvalue weighted by atomic mass is 15.2. The van der Waals surface area contributed by atoms with Crippen LogP contribution in [0.5, 0.6) is 0 Å². The van der Waals surface area contributed by atoms with E-state index < -0.39 is 0 Å². The first-order valence-electron chi connectivity index (χ1n) is 6.52. The van der Waals surface area contributed by atoms with E-state index in [2.05, 4.69) is 40.8 Å². The molecule has 0 radical (unpaired) electrons. The molecule has 0 amide bonds. The van der Waals surface area contributed by atoms with E-state index in [1.54, 1.807) is 0 Å². The summed E-state index contributed by atoms with van der Waals surface area (Å²) in [6.45, 7) is 0.974. The third kappa shape index (κ3) is 1.82. The van der Waals surface area contributed by atoms with Crippen molar-refractivity contribution in [1.82, 2.24) is 14.5 Å². The number of pyridine rings is 1. The molecule has 96 valence electrons. The fourth-order valence-electron chi connectivity index (χ4n) is 3.08. The van der Waals surface area contributed by atoms with E-state index in [1.807, 2.05) is 12.3 Å². The van der Waals surface area contributed by atoms with E-state index in [0.29, 0.717) is 12.1 Å². The van der Waals surface area contributed by atoms with Crippen LogP contribution in [0.15, 0.2) is 24.5 Å². The van der Waals surface area contributed by atoms with Crippen LogP contribution < -0.4 is 5.73 Å². The summed E-state index contributed by atoms with van der Waals surface area (Å²) in [6, 6.07) is 4.97. The number of aromatic nitrogens is 2. The zero-order chi connectivity index (χ0) is 12.7. The molecule has 2 aromatic heterocycles. The van der Waals surface area contributed by atoms with Gasteiger partial charge in [0.25, 0.3) is 0 Å². The largest absolute Gasteiger partial charge is 0.335 e. The first kappa shape index (κ1) is 11.7. The molecule has 2 aromatic rings. The van der Waals surface area contributed by atoms with Crippen molar-refractivity contribution in [2.24, 2.45) is 12.8 Å². The van der Waals surface area contributed by atoms with Crippen LogP contribution in [0.25, 0.3) is 11.0 Å². The Morgan fingerprint density at radius 3 is 2.94 bits per heavy atom. The SMILES string of the molecule is CN1CC(N)CCC1c1cn(C)c2ncccc12. The monoisotopic (exact) mass is 244 g/mol. The fraction of sp³-hybridized carbons (Fsp3) is 0.500. The van der Waals surface area contributed by atoms with Gasteiger partial charge in [0.2, 0.25) is 0 Å². The maximum atomic E-state index is 6.02. The van der Waals surface area contributed by atoms with Crippen LogP contribution in [0.3, 0.4) is 0 Å². The predicted octanol–water partition coefficient (Wildman–Crippen LogP) is 1.67. The Bertz CT molecular complexity index is 560. The number of piperidine rings is 1. The third-order valence-corrected chi connectivity index (χ3v) is 3.99. The van der Waals surface area contributed by atoms with Crippen LogP contribution in [0.4, 0.5) is 0 Å². The minimum absolute atomic E-state index is 0.319. The molecule has 3 heterocycles. The van der Waals surface area contributed by atoms with Crippen LogP contribution in [0.1, 0.15) is 24.4 Å². The number of rotatable bonds is 1. The van der Waals surface area contributed by atoms with Crippen molar-refractivity contribution < 1.29 is 0 Å². The van der Waals surface area contributed by atoms with Gasteiger partial charge in [-0.15, -0.1) is 0 Å².